The van der Waals surface area contributed by atoms with Gasteiger partial charge >= 0.3 is 0 Å². The first kappa shape index (κ1) is 10.9. The maximum atomic E-state index is 9.06. The Bertz CT molecular complexity index is 368. The van der Waals surface area contributed by atoms with Crippen LogP contribution in [0.5, 0.6) is 0 Å². The standard InChI is InChI=1S/C10H16N2O2S/c13-6-9-5-11-10(15)12(9)3-4-14-7-8-1-2-8/h5,8,13H,1-4,6-7H2,(H,11,15). The van der Waals surface area contributed by atoms with Crippen molar-refractivity contribution < 1.29 is 9.84 Å². The number of hydrogen-bond donors (Lipinski definition) is 2. The zero-order chi connectivity index (χ0) is 10.7. The number of nitrogens with one attached hydrogen (secondary N) is 1. The number of rotatable bonds is 6. The first-order valence-electron chi connectivity index (χ1n) is 5.27. The monoisotopic (exact) mass is 228 g/mol. The van der Waals surface area contributed by atoms with Crippen LogP contribution in [0.1, 0.15) is 18.5 Å². The van der Waals surface area contributed by atoms with E-state index in [9.17, 15) is 0 Å². The van der Waals surface area contributed by atoms with Crippen LogP contribution in [-0.2, 0) is 17.9 Å². The quantitative estimate of drug-likeness (QED) is 0.572. The van der Waals surface area contributed by atoms with E-state index in [2.05, 4.69) is 4.98 Å². The number of aliphatic hydroxyl groups is 1. The van der Waals surface area contributed by atoms with Gasteiger partial charge in [0.25, 0.3) is 0 Å². The van der Waals surface area contributed by atoms with Crippen molar-refractivity contribution in [2.45, 2.75) is 26.0 Å². The third-order valence-electron chi connectivity index (χ3n) is 2.63. The lowest BCUT2D eigenvalue weighted by Crippen LogP contribution is -2.10. The van der Waals surface area contributed by atoms with Crippen molar-refractivity contribution in [3.05, 3.63) is 16.7 Å². The number of nitrogens with zero attached hydrogens (tertiary/aromatic N) is 1. The van der Waals surface area contributed by atoms with Gasteiger partial charge in [0.15, 0.2) is 4.77 Å². The topological polar surface area (TPSA) is 50.2 Å². The number of imidazole rings is 1. The van der Waals surface area contributed by atoms with Gasteiger partial charge in [0.2, 0.25) is 0 Å². The first-order valence-corrected chi connectivity index (χ1v) is 5.68. The van der Waals surface area contributed by atoms with Gasteiger partial charge in [0.1, 0.15) is 0 Å². The Morgan fingerprint density at radius 1 is 1.60 bits per heavy atom. The molecule has 84 valence electrons. The molecule has 0 unspecified atom stereocenters. The second-order valence-corrected chi connectivity index (χ2v) is 4.30. The van der Waals surface area contributed by atoms with Crippen LogP contribution in [0.2, 0.25) is 0 Å². The molecule has 0 saturated heterocycles. The van der Waals surface area contributed by atoms with Gasteiger partial charge in [0, 0.05) is 19.3 Å². The average molecular weight is 228 g/mol. The van der Waals surface area contributed by atoms with Crippen LogP contribution in [-0.4, -0.2) is 27.9 Å². The van der Waals surface area contributed by atoms with E-state index in [0.717, 1.165) is 18.2 Å². The highest BCUT2D eigenvalue weighted by Crippen LogP contribution is 2.28. The van der Waals surface area contributed by atoms with Crippen LogP contribution in [0.15, 0.2) is 6.20 Å². The molecule has 0 atom stereocenters. The third kappa shape index (κ3) is 2.90. The SMILES string of the molecule is OCc1c[nH]c(=S)n1CCOCC1CC1. The molecule has 1 aliphatic carbocycles. The first-order chi connectivity index (χ1) is 7.31. The predicted molar refractivity (Wildman–Crippen MR) is 59.1 cm³/mol. The maximum Gasteiger partial charge on any atom is 0.177 e. The average Bonchev–Trinajstić information content (AvgIpc) is 2.99. The lowest BCUT2D eigenvalue weighted by molar-refractivity contribution is 0.115. The summed E-state index contributed by atoms with van der Waals surface area (Å²) in [5, 5.41) is 9.06. The zero-order valence-corrected chi connectivity index (χ0v) is 9.42. The molecule has 0 bridgehead atoms. The molecule has 0 aliphatic heterocycles. The Kier molecular flexibility index (Phi) is 3.56. The molecule has 5 heteroatoms. The minimum absolute atomic E-state index is 0.00969. The number of aliphatic hydroxyl groups excluding tert-OH is 1. The Hall–Kier alpha value is -0.650. The van der Waals surface area contributed by atoms with Gasteiger partial charge in [0.05, 0.1) is 18.9 Å². The molecule has 1 saturated carbocycles. The van der Waals surface area contributed by atoms with Crippen LogP contribution in [0.4, 0.5) is 0 Å². The Morgan fingerprint density at radius 2 is 2.40 bits per heavy atom. The molecule has 2 N–H and O–H groups in total. The van der Waals surface area contributed by atoms with E-state index in [1.54, 1.807) is 6.20 Å². The van der Waals surface area contributed by atoms with E-state index >= 15 is 0 Å². The molecule has 0 spiro atoms. The summed E-state index contributed by atoms with van der Waals surface area (Å²) in [5.74, 6) is 0.793. The van der Waals surface area contributed by atoms with Crippen molar-refractivity contribution in [3.63, 3.8) is 0 Å². The van der Waals surface area contributed by atoms with Crippen molar-refractivity contribution in [1.82, 2.24) is 9.55 Å². The van der Waals surface area contributed by atoms with E-state index in [1.165, 1.54) is 12.8 Å². The maximum absolute atomic E-state index is 9.06. The number of ether oxygens (including phenoxy) is 1. The van der Waals surface area contributed by atoms with Gasteiger partial charge in [-0.1, -0.05) is 0 Å². The Balaban J connectivity index is 1.80. The summed E-state index contributed by atoms with van der Waals surface area (Å²) in [6, 6.07) is 0. The Morgan fingerprint density at radius 3 is 3.07 bits per heavy atom. The highest BCUT2D eigenvalue weighted by molar-refractivity contribution is 7.71. The lowest BCUT2D eigenvalue weighted by Gasteiger charge is -2.06. The fourth-order valence-corrected chi connectivity index (χ4v) is 1.77. The molecule has 0 aromatic carbocycles. The summed E-state index contributed by atoms with van der Waals surface area (Å²) in [6.45, 7) is 2.25. The van der Waals surface area contributed by atoms with E-state index in [1.807, 2.05) is 4.57 Å². The van der Waals surface area contributed by atoms with Crippen LogP contribution in [0.25, 0.3) is 0 Å². The van der Waals surface area contributed by atoms with Crippen molar-refractivity contribution >= 4 is 12.2 Å². The number of aromatic amines is 1. The zero-order valence-electron chi connectivity index (χ0n) is 8.61. The third-order valence-corrected chi connectivity index (χ3v) is 2.96. The second-order valence-electron chi connectivity index (χ2n) is 3.91. The van der Waals surface area contributed by atoms with Gasteiger partial charge in [-0.2, -0.15) is 0 Å². The fraction of sp³-hybridized carbons (Fsp3) is 0.700. The molecule has 1 aromatic rings. The molecular weight excluding hydrogens is 212 g/mol. The van der Waals surface area contributed by atoms with Crippen molar-refractivity contribution in [2.75, 3.05) is 13.2 Å². The molecule has 1 heterocycles. The molecule has 1 aromatic heterocycles. The normalized spacial score (nSPS) is 15.8. The van der Waals surface area contributed by atoms with Crippen molar-refractivity contribution in [1.29, 1.82) is 0 Å². The molecule has 1 fully saturated rings. The van der Waals surface area contributed by atoms with Gasteiger partial charge < -0.3 is 19.4 Å². The summed E-state index contributed by atoms with van der Waals surface area (Å²) in [6.07, 6.45) is 4.36. The largest absolute Gasteiger partial charge is 0.390 e. The number of aromatic nitrogens is 2. The van der Waals surface area contributed by atoms with Gasteiger partial charge in [-0.3, -0.25) is 0 Å². The van der Waals surface area contributed by atoms with Crippen LogP contribution < -0.4 is 0 Å². The van der Waals surface area contributed by atoms with Crippen LogP contribution >= 0.6 is 12.2 Å². The minimum Gasteiger partial charge on any atom is -0.390 e. The fourth-order valence-electron chi connectivity index (χ4n) is 1.50. The molecule has 15 heavy (non-hydrogen) atoms. The van der Waals surface area contributed by atoms with E-state index < -0.39 is 0 Å². The van der Waals surface area contributed by atoms with Crippen LogP contribution in [0, 0.1) is 10.7 Å². The smallest absolute Gasteiger partial charge is 0.177 e. The molecule has 2 rings (SSSR count). The Labute approximate surface area is 93.9 Å². The van der Waals surface area contributed by atoms with Gasteiger partial charge in [-0.25, -0.2) is 0 Å². The molecule has 4 nitrogen and oxygen atoms in total. The number of hydrogen-bond acceptors (Lipinski definition) is 3. The summed E-state index contributed by atoms with van der Waals surface area (Å²) in [4.78, 5) is 2.91. The van der Waals surface area contributed by atoms with Crippen molar-refractivity contribution in [2.24, 2.45) is 5.92 Å². The molecule has 0 amide bonds. The molecular formula is C10H16N2O2S. The van der Waals surface area contributed by atoms with Crippen molar-refractivity contribution in [3.8, 4) is 0 Å². The summed E-state index contributed by atoms with van der Waals surface area (Å²) in [7, 11) is 0. The van der Waals surface area contributed by atoms with Gasteiger partial charge in [-0.15, -0.1) is 0 Å². The molecule has 1 aliphatic rings. The highest BCUT2D eigenvalue weighted by atomic mass is 32.1. The minimum atomic E-state index is 0.00969. The highest BCUT2D eigenvalue weighted by Gasteiger charge is 2.20. The number of H-pyrrole nitrogens is 1. The second kappa shape index (κ2) is 4.92. The summed E-state index contributed by atoms with van der Waals surface area (Å²) >= 11 is 5.09. The summed E-state index contributed by atoms with van der Waals surface area (Å²) in [5.41, 5.74) is 0.815. The van der Waals surface area contributed by atoms with E-state index in [0.29, 0.717) is 17.9 Å². The predicted octanol–water partition coefficient (Wildman–Crippen LogP) is 1.46. The lowest BCUT2D eigenvalue weighted by atomic mass is 10.4. The van der Waals surface area contributed by atoms with Crippen LogP contribution in [0.3, 0.4) is 0 Å². The van der Waals surface area contributed by atoms with Gasteiger partial charge in [-0.05, 0) is 31.0 Å². The van der Waals surface area contributed by atoms with E-state index in [4.69, 9.17) is 22.1 Å². The summed E-state index contributed by atoms with van der Waals surface area (Å²) < 4.78 is 8.05. The van der Waals surface area contributed by atoms with E-state index in [-0.39, 0.29) is 6.61 Å². The molecule has 0 radical (unpaired) electrons.